The first-order valence-electron chi connectivity index (χ1n) is 11.8. The maximum Gasteiger partial charge on any atom is 0.336 e. The lowest BCUT2D eigenvalue weighted by Crippen LogP contribution is -2.56. The predicted molar refractivity (Wildman–Crippen MR) is 127 cm³/mol. The Morgan fingerprint density at radius 1 is 0.528 bits per heavy atom. The molecule has 0 saturated carbocycles. The number of nitrogens with one attached hydrogen (secondary N) is 3. The van der Waals surface area contributed by atoms with E-state index in [1.165, 1.54) is 0 Å². The Hall–Kier alpha value is -3.30. The lowest BCUT2D eigenvalue weighted by atomic mass is 10.3. The van der Waals surface area contributed by atoms with Crippen LogP contribution in [-0.2, 0) is 34.0 Å². The van der Waals surface area contributed by atoms with Crippen molar-refractivity contribution >= 4 is 17.7 Å². The smallest absolute Gasteiger partial charge is 0.336 e. The minimum atomic E-state index is -0.914. The molecule has 0 unspecified atom stereocenters. The Kier molecular flexibility index (Phi) is 14.7. The lowest BCUT2D eigenvalue weighted by Gasteiger charge is -2.15. The van der Waals surface area contributed by atoms with Crippen molar-refractivity contribution in [1.29, 1.82) is 0 Å². The van der Waals surface area contributed by atoms with Crippen LogP contribution in [0.15, 0.2) is 14.4 Å². The molecule has 0 aliphatic rings. The van der Waals surface area contributed by atoms with Gasteiger partial charge in [-0.2, -0.15) is 0 Å². The summed E-state index contributed by atoms with van der Waals surface area (Å²) < 4.78 is 2.36. The van der Waals surface area contributed by atoms with Gasteiger partial charge in [0.25, 0.3) is 0 Å². The summed E-state index contributed by atoms with van der Waals surface area (Å²) in [5.74, 6) is -1.12. The average molecular weight is 517 g/mol. The lowest BCUT2D eigenvalue weighted by molar-refractivity contribution is -0.122. The van der Waals surface area contributed by atoms with Gasteiger partial charge in [0.15, 0.2) is 0 Å². The van der Waals surface area contributed by atoms with E-state index in [-0.39, 0.29) is 115 Å². The molecule has 0 aliphatic carbocycles. The van der Waals surface area contributed by atoms with E-state index in [2.05, 4.69) is 16.0 Å². The molecule has 1 rings (SSSR count). The summed E-state index contributed by atoms with van der Waals surface area (Å²) in [4.78, 5) is 73.9. The molecule has 1 aromatic rings. The molecule has 204 valence electrons. The summed E-state index contributed by atoms with van der Waals surface area (Å²) in [5.41, 5.74) is -2.74. The Morgan fingerprint density at radius 3 is 1.00 bits per heavy atom. The van der Waals surface area contributed by atoms with Gasteiger partial charge in [0, 0.05) is 78.4 Å². The molecule has 0 aliphatic heterocycles. The van der Waals surface area contributed by atoms with Gasteiger partial charge in [-0.1, -0.05) is 0 Å². The molecular formula is C21H36N6O9. The van der Waals surface area contributed by atoms with Crippen LogP contribution in [0.2, 0.25) is 0 Å². The van der Waals surface area contributed by atoms with Crippen LogP contribution in [0.5, 0.6) is 0 Å². The van der Waals surface area contributed by atoms with Gasteiger partial charge in [0.05, 0.1) is 0 Å². The zero-order chi connectivity index (χ0) is 26.9. The third kappa shape index (κ3) is 10.5. The Morgan fingerprint density at radius 2 is 0.778 bits per heavy atom. The van der Waals surface area contributed by atoms with Crippen LogP contribution in [0.4, 0.5) is 0 Å². The van der Waals surface area contributed by atoms with Crippen LogP contribution < -0.4 is 33.0 Å². The van der Waals surface area contributed by atoms with Crippen molar-refractivity contribution in [2.45, 2.75) is 58.2 Å². The molecule has 15 heteroatoms. The van der Waals surface area contributed by atoms with E-state index in [1.807, 2.05) is 0 Å². The number of hydrogen-bond donors (Lipinski definition) is 6. The number of amides is 3. The fourth-order valence-electron chi connectivity index (χ4n) is 3.16. The van der Waals surface area contributed by atoms with Gasteiger partial charge in [-0.3, -0.25) is 14.4 Å². The third-order valence-electron chi connectivity index (χ3n) is 5.04. The summed E-state index contributed by atoms with van der Waals surface area (Å²) in [6.07, 6.45) is 0.996. The number of hydrogen-bond acceptors (Lipinski definition) is 9. The van der Waals surface area contributed by atoms with Crippen LogP contribution in [0.25, 0.3) is 0 Å². The van der Waals surface area contributed by atoms with E-state index in [0.29, 0.717) is 0 Å². The molecule has 1 aromatic heterocycles. The number of aromatic nitrogens is 3. The molecular weight excluding hydrogens is 480 g/mol. The van der Waals surface area contributed by atoms with Crippen molar-refractivity contribution in [1.82, 2.24) is 29.7 Å². The number of aliphatic hydroxyl groups excluding tert-OH is 3. The largest absolute Gasteiger partial charge is 0.396 e. The maximum atomic E-state index is 12.9. The Labute approximate surface area is 206 Å². The summed E-state index contributed by atoms with van der Waals surface area (Å²) in [5, 5.41) is 34.0. The molecule has 0 fully saturated rings. The molecule has 3 amide bonds. The van der Waals surface area contributed by atoms with Crippen LogP contribution in [0.1, 0.15) is 38.5 Å². The Balaban J connectivity index is 3.07. The second-order valence-corrected chi connectivity index (χ2v) is 7.83. The van der Waals surface area contributed by atoms with Crippen LogP contribution in [0.3, 0.4) is 0 Å². The predicted octanol–water partition coefficient (Wildman–Crippen LogP) is -4.16. The van der Waals surface area contributed by atoms with Gasteiger partial charge < -0.3 is 31.3 Å². The van der Waals surface area contributed by atoms with Crippen molar-refractivity contribution < 1.29 is 29.7 Å². The topological polar surface area (TPSA) is 214 Å². The molecule has 0 radical (unpaired) electrons. The normalized spacial score (nSPS) is 10.8. The fraction of sp³-hybridized carbons (Fsp3) is 0.714. The molecule has 0 saturated heterocycles. The van der Waals surface area contributed by atoms with Gasteiger partial charge in [0.1, 0.15) is 0 Å². The van der Waals surface area contributed by atoms with Crippen LogP contribution >= 0.6 is 0 Å². The molecule has 0 atom stereocenters. The highest BCUT2D eigenvalue weighted by Gasteiger charge is 2.16. The minimum Gasteiger partial charge on any atom is -0.396 e. The standard InChI is InChI=1S/C21H36N6O9/c28-13-1-4-16(31)22-7-10-25-19(34)26(11-8-23-17(32)5-2-14-29)21(36)27(20(25)35)12-9-24-18(33)6-3-15-30/h28-30H,1-15H2,(H,22,31)(H,23,32)(H,24,33). The first kappa shape index (κ1) is 30.7. The average Bonchev–Trinajstić information content (AvgIpc) is 2.86. The third-order valence-corrected chi connectivity index (χ3v) is 5.04. The molecule has 6 N–H and O–H groups in total. The second-order valence-electron chi connectivity index (χ2n) is 7.83. The Bertz CT molecular complexity index is 871. The van der Waals surface area contributed by atoms with E-state index in [0.717, 1.165) is 13.7 Å². The highest BCUT2D eigenvalue weighted by atomic mass is 16.3. The first-order valence-corrected chi connectivity index (χ1v) is 11.8. The van der Waals surface area contributed by atoms with Gasteiger partial charge in [0.2, 0.25) is 17.7 Å². The summed E-state index contributed by atoms with van der Waals surface area (Å²) in [6, 6.07) is 0. The SMILES string of the molecule is O=C(CCCO)NCCn1c(=O)n(CCNC(=O)CCCO)c(=O)n(CCNC(=O)CCCO)c1=O. The molecule has 0 spiro atoms. The van der Waals surface area contributed by atoms with Crippen LogP contribution in [0, 0.1) is 0 Å². The van der Waals surface area contributed by atoms with Gasteiger partial charge in [-0.15, -0.1) is 0 Å². The van der Waals surface area contributed by atoms with Gasteiger partial charge >= 0.3 is 17.1 Å². The van der Waals surface area contributed by atoms with Crippen molar-refractivity contribution in [3.63, 3.8) is 0 Å². The molecule has 0 bridgehead atoms. The van der Waals surface area contributed by atoms with E-state index in [4.69, 9.17) is 15.3 Å². The highest BCUT2D eigenvalue weighted by molar-refractivity contribution is 5.76. The second kappa shape index (κ2) is 17.2. The first-order chi connectivity index (χ1) is 17.3. The summed E-state index contributed by atoms with van der Waals surface area (Å²) in [7, 11) is 0. The number of carbonyl (C=O) groups is 3. The van der Waals surface area contributed by atoms with Crippen molar-refractivity contribution in [3.8, 4) is 0 Å². The van der Waals surface area contributed by atoms with E-state index in [1.54, 1.807) is 0 Å². The molecule has 36 heavy (non-hydrogen) atoms. The number of aliphatic hydroxyl groups is 3. The number of carbonyl (C=O) groups excluding carboxylic acids is 3. The quantitative estimate of drug-likeness (QED) is 0.111. The molecule has 1 heterocycles. The monoisotopic (exact) mass is 516 g/mol. The van der Waals surface area contributed by atoms with Gasteiger partial charge in [-0.05, 0) is 19.3 Å². The number of rotatable bonds is 18. The summed E-state index contributed by atoms with van der Waals surface area (Å²) >= 11 is 0. The van der Waals surface area contributed by atoms with E-state index < -0.39 is 17.1 Å². The minimum absolute atomic E-state index is 0.0705. The van der Waals surface area contributed by atoms with E-state index in [9.17, 15) is 28.8 Å². The van der Waals surface area contributed by atoms with E-state index >= 15 is 0 Å². The van der Waals surface area contributed by atoms with Crippen LogP contribution in [-0.4, -0.2) is 86.2 Å². The molecule has 0 aromatic carbocycles. The maximum absolute atomic E-state index is 12.9. The van der Waals surface area contributed by atoms with Crippen molar-refractivity contribution in [2.24, 2.45) is 0 Å². The van der Waals surface area contributed by atoms with Crippen molar-refractivity contribution in [2.75, 3.05) is 39.5 Å². The zero-order valence-electron chi connectivity index (χ0n) is 20.2. The van der Waals surface area contributed by atoms with Crippen molar-refractivity contribution in [3.05, 3.63) is 31.5 Å². The fourth-order valence-corrected chi connectivity index (χ4v) is 3.16. The van der Waals surface area contributed by atoms with Gasteiger partial charge in [-0.25, -0.2) is 28.1 Å². The molecule has 15 nitrogen and oxygen atoms in total. The summed E-state index contributed by atoms with van der Waals surface area (Å²) in [6.45, 7) is -1.38. The number of nitrogens with zero attached hydrogens (tertiary/aromatic N) is 3. The zero-order valence-corrected chi connectivity index (χ0v) is 20.2. The highest BCUT2D eigenvalue weighted by Crippen LogP contribution is 1.88.